The number of hydrogen-bond donors (Lipinski definition) is 1. The lowest BCUT2D eigenvalue weighted by molar-refractivity contribution is 0.0854. The number of carbonyl (C=O) groups excluding carboxylic acids is 1. The van der Waals surface area contributed by atoms with E-state index in [1.165, 1.54) is 0 Å². The van der Waals surface area contributed by atoms with E-state index in [1.807, 2.05) is 26.8 Å². The van der Waals surface area contributed by atoms with E-state index < -0.39 is 5.41 Å². The topological polar surface area (TPSA) is 61.5 Å². The van der Waals surface area contributed by atoms with Crippen LogP contribution >= 0.6 is 12.4 Å². The van der Waals surface area contributed by atoms with Crippen molar-refractivity contribution < 1.29 is 14.3 Å². The van der Waals surface area contributed by atoms with Gasteiger partial charge in [0.05, 0.1) is 19.8 Å². The second-order valence-corrected chi connectivity index (χ2v) is 5.48. The van der Waals surface area contributed by atoms with Gasteiger partial charge in [-0.3, -0.25) is 4.79 Å². The van der Waals surface area contributed by atoms with E-state index in [9.17, 15) is 4.79 Å². The van der Waals surface area contributed by atoms with Crippen molar-refractivity contribution in [2.24, 2.45) is 11.1 Å². The first-order valence-electron chi connectivity index (χ1n) is 6.35. The minimum Gasteiger partial charge on any atom is -0.496 e. The normalized spacial score (nSPS) is 10.7. The van der Waals surface area contributed by atoms with Crippen LogP contribution in [0.5, 0.6) is 11.5 Å². The number of ketones is 1. The van der Waals surface area contributed by atoms with Crippen molar-refractivity contribution in [1.29, 1.82) is 0 Å². The van der Waals surface area contributed by atoms with Crippen molar-refractivity contribution in [3.63, 3.8) is 0 Å². The quantitative estimate of drug-likeness (QED) is 0.850. The molecule has 0 bridgehead atoms. The standard InChI is InChI=1S/C15H23NO3.ClH/c1-15(2,3)14(17)11-9-12(18-4)10(6-7-16)8-13(11)19-5;/h8-9H,6-7,16H2,1-5H3;1H. The minimum absolute atomic E-state index is 0. The predicted molar refractivity (Wildman–Crippen MR) is 83.3 cm³/mol. The maximum atomic E-state index is 12.4. The Hall–Kier alpha value is -1.26. The third-order valence-corrected chi connectivity index (χ3v) is 2.94. The van der Waals surface area contributed by atoms with Gasteiger partial charge in [0.15, 0.2) is 5.78 Å². The lowest BCUT2D eigenvalue weighted by atomic mass is 9.85. The van der Waals surface area contributed by atoms with Crippen LogP contribution in [0.3, 0.4) is 0 Å². The van der Waals surface area contributed by atoms with Gasteiger partial charge in [0, 0.05) is 5.41 Å². The van der Waals surface area contributed by atoms with Crippen LogP contribution in [-0.4, -0.2) is 26.5 Å². The molecule has 0 radical (unpaired) electrons. The third-order valence-electron chi connectivity index (χ3n) is 2.94. The summed E-state index contributed by atoms with van der Waals surface area (Å²) in [6, 6.07) is 3.59. The first kappa shape index (κ1) is 18.7. The molecule has 0 aromatic heterocycles. The fraction of sp³-hybridized carbons (Fsp3) is 0.533. The summed E-state index contributed by atoms with van der Waals surface area (Å²) in [7, 11) is 3.15. The Morgan fingerprint density at radius 1 is 1.15 bits per heavy atom. The van der Waals surface area contributed by atoms with Crippen molar-refractivity contribution in [2.45, 2.75) is 27.2 Å². The predicted octanol–water partition coefficient (Wildman–Crippen LogP) is 2.86. The van der Waals surface area contributed by atoms with Gasteiger partial charge in [-0.25, -0.2) is 0 Å². The molecule has 0 aliphatic heterocycles. The number of halogens is 1. The highest BCUT2D eigenvalue weighted by Crippen LogP contribution is 2.33. The van der Waals surface area contributed by atoms with Crippen LogP contribution in [0, 0.1) is 5.41 Å². The van der Waals surface area contributed by atoms with Crippen molar-refractivity contribution in [1.82, 2.24) is 0 Å². The molecular weight excluding hydrogens is 278 g/mol. The van der Waals surface area contributed by atoms with Crippen LogP contribution in [0.4, 0.5) is 0 Å². The molecule has 0 heterocycles. The fourth-order valence-corrected chi connectivity index (χ4v) is 1.89. The SMILES string of the molecule is COc1cc(C(=O)C(C)(C)C)c(OC)cc1CCN.Cl. The Bertz CT molecular complexity index is 467. The van der Waals surface area contributed by atoms with E-state index in [0.717, 1.165) is 5.56 Å². The largest absolute Gasteiger partial charge is 0.496 e. The second kappa shape index (κ2) is 7.50. The van der Waals surface area contributed by atoms with Gasteiger partial charge in [-0.1, -0.05) is 20.8 Å². The molecule has 0 saturated carbocycles. The minimum atomic E-state index is -0.465. The number of ether oxygens (including phenoxy) is 2. The molecule has 0 atom stereocenters. The molecule has 0 spiro atoms. The molecule has 2 N–H and O–H groups in total. The summed E-state index contributed by atoms with van der Waals surface area (Å²) in [6.45, 7) is 6.17. The summed E-state index contributed by atoms with van der Waals surface area (Å²) >= 11 is 0. The molecule has 0 amide bonds. The summed E-state index contributed by atoms with van der Waals surface area (Å²) < 4.78 is 10.7. The molecule has 20 heavy (non-hydrogen) atoms. The number of Topliss-reactive ketones (excluding diaryl/α,β-unsaturated/α-hetero) is 1. The molecule has 114 valence electrons. The zero-order valence-corrected chi connectivity index (χ0v) is 13.6. The van der Waals surface area contributed by atoms with E-state index in [-0.39, 0.29) is 18.2 Å². The van der Waals surface area contributed by atoms with Crippen LogP contribution < -0.4 is 15.2 Å². The Morgan fingerprint density at radius 2 is 1.70 bits per heavy atom. The van der Waals surface area contributed by atoms with E-state index >= 15 is 0 Å². The van der Waals surface area contributed by atoms with Crippen LogP contribution in [0.2, 0.25) is 0 Å². The molecule has 0 aliphatic carbocycles. The van der Waals surface area contributed by atoms with Crippen molar-refractivity contribution in [2.75, 3.05) is 20.8 Å². The van der Waals surface area contributed by atoms with E-state index in [0.29, 0.717) is 30.0 Å². The highest BCUT2D eigenvalue weighted by atomic mass is 35.5. The molecule has 0 aliphatic rings. The maximum Gasteiger partial charge on any atom is 0.172 e. The average Bonchev–Trinajstić information content (AvgIpc) is 2.36. The van der Waals surface area contributed by atoms with E-state index in [4.69, 9.17) is 15.2 Å². The number of carbonyl (C=O) groups is 1. The number of rotatable bonds is 5. The lowest BCUT2D eigenvalue weighted by Crippen LogP contribution is -2.21. The van der Waals surface area contributed by atoms with Gasteiger partial charge >= 0.3 is 0 Å². The van der Waals surface area contributed by atoms with Crippen LogP contribution in [-0.2, 0) is 6.42 Å². The fourth-order valence-electron chi connectivity index (χ4n) is 1.89. The molecule has 1 rings (SSSR count). The van der Waals surface area contributed by atoms with E-state index in [2.05, 4.69) is 0 Å². The summed E-state index contributed by atoms with van der Waals surface area (Å²) in [5, 5.41) is 0. The molecule has 5 heteroatoms. The monoisotopic (exact) mass is 301 g/mol. The molecule has 4 nitrogen and oxygen atoms in total. The first-order valence-corrected chi connectivity index (χ1v) is 6.35. The van der Waals surface area contributed by atoms with Crippen molar-refractivity contribution in [3.8, 4) is 11.5 Å². The van der Waals surface area contributed by atoms with Gasteiger partial charge in [-0.05, 0) is 30.7 Å². The molecule has 1 aromatic rings. The average molecular weight is 302 g/mol. The Labute approximate surface area is 127 Å². The molecular formula is C15H24ClNO3. The van der Waals surface area contributed by atoms with Crippen LogP contribution in [0.25, 0.3) is 0 Å². The highest BCUT2D eigenvalue weighted by Gasteiger charge is 2.27. The second-order valence-electron chi connectivity index (χ2n) is 5.48. The van der Waals surface area contributed by atoms with E-state index in [1.54, 1.807) is 20.3 Å². The van der Waals surface area contributed by atoms with Crippen LogP contribution in [0.1, 0.15) is 36.7 Å². The van der Waals surface area contributed by atoms with Gasteiger partial charge in [-0.15, -0.1) is 12.4 Å². The lowest BCUT2D eigenvalue weighted by Gasteiger charge is -2.20. The number of hydrogen-bond acceptors (Lipinski definition) is 4. The summed E-state index contributed by atoms with van der Waals surface area (Å²) in [6.07, 6.45) is 0.684. The van der Waals surface area contributed by atoms with Crippen molar-refractivity contribution in [3.05, 3.63) is 23.3 Å². The molecule has 0 unspecified atom stereocenters. The number of methoxy groups -OCH3 is 2. The first-order chi connectivity index (χ1) is 8.85. The Morgan fingerprint density at radius 3 is 2.10 bits per heavy atom. The van der Waals surface area contributed by atoms with Gasteiger partial charge in [0.1, 0.15) is 11.5 Å². The number of nitrogens with two attached hydrogens (primary N) is 1. The van der Waals surface area contributed by atoms with Gasteiger partial charge < -0.3 is 15.2 Å². The van der Waals surface area contributed by atoms with Gasteiger partial charge in [0.2, 0.25) is 0 Å². The zero-order chi connectivity index (χ0) is 14.6. The number of benzene rings is 1. The molecule has 0 saturated heterocycles. The molecule has 0 fully saturated rings. The van der Waals surface area contributed by atoms with Gasteiger partial charge in [-0.2, -0.15) is 0 Å². The van der Waals surface area contributed by atoms with Crippen molar-refractivity contribution >= 4 is 18.2 Å². The maximum absolute atomic E-state index is 12.4. The summed E-state index contributed by atoms with van der Waals surface area (Å²) in [4.78, 5) is 12.4. The zero-order valence-electron chi connectivity index (χ0n) is 12.8. The molecule has 1 aromatic carbocycles. The summed E-state index contributed by atoms with van der Waals surface area (Å²) in [5.41, 5.74) is 6.61. The Kier molecular flexibility index (Phi) is 7.03. The van der Waals surface area contributed by atoms with Gasteiger partial charge in [0.25, 0.3) is 0 Å². The summed E-state index contributed by atoms with van der Waals surface area (Å²) in [5.74, 6) is 1.28. The smallest absolute Gasteiger partial charge is 0.172 e. The Balaban J connectivity index is 0.00000361. The third kappa shape index (κ3) is 4.12. The highest BCUT2D eigenvalue weighted by molar-refractivity contribution is 6.02. The van der Waals surface area contributed by atoms with Crippen LogP contribution in [0.15, 0.2) is 12.1 Å².